The average Bonchev–Trinajstić information content (AvgIpc) is 2.96. The van der Waals surface area contributed by atoms with E-state index in [1.165, 1.54) is 12.1 Å². The maximum atomic E-state index is 10.7. The van der Waals surface area contributed by atoms with Crippen LogP contribution < -0.4 is 4.74 Å². The van der Waals surface area contributed by atoms with Crippen molar-refractivity contribution in [2.24, 2.45) is 0 Å². The van der Waals surface area contributed by atoms with Crippen molar-refractivity contribution in [2.45, 2.75) is 25.4 Å². The molecule has 1 fully saturated rings. The molecule has 0 radical (unpaired) electrons. The van der Waals surface area contributed by atoms with Crippen LogP contribution in [0.1, 0.15) is 29.6 Å². The van der Waals surface area contributed by atoms with Crippen LogP contribution in [0.2, 0.25) is 0 Å². The molecule has 1 N–H and O–H groups in total. The van der Waals surface area contributed by atoms with Crippen molar-refractivity contribution in [3.8, 4) is 5.75 Å². The summed E-state index contributed by atoms with van der Waals surface area (Å²) >= 11 is 0. The summed E-state index contributed by atoms with van der Waals surface area (Å²) in [6.45, 7) is 2.71. The Hall–Kier alpha value is -1.59. The van der Waals surface area contributed by atoms with Crippen LogP contribution in [-0.4, -0.2) is 43.6 Å². The number of aromatic carboxylic acids is 1. The second-order valence-electron chi connectivity index (χ2n) is 4.74. The van der Waals surface area contributed by atoms with Gasteiger partial charge in [-0.05, 0) is 37.1 Å². The molecule has 0 aliphatic carbocycles. The number of carboxylic acids is 1. The van der Waals surface area contributed by atoms with Gasteiger partial charge in [-0.25, -0.2) is 4.79 Å². The lowest BCUT2D eigenvalue weighted by Crippen LogP contribution is -2.15. The van der Waals surface area contributed by atoms with Gasteiger partial charge in [0.2, 0.25) is 0 Å². The van der Waals surface area contributed by atoms with E-state index in [0.29, 0.717) is 25.6 Å². The van der Waals surface area contributed by atoms with Crippen LogP contribution in [0.3, 0.4) is 0 Å². The number of carboxylic acid groups (broad SMARTS) is 1. The van der Waals surface area contributed by atoms with E-state index in [1.807, 2.05) is 0 Å². The van der Waals surface area contributed by atoms with Crippen molar-refractivity contribution in [3.05, 3.63) is 29.8 Å². The van der Waals surface area contributed by atoms with Crippen molar-refractivity contribution in [1.82, 2.24) is 0 Å². The highest BCUT2D eigenvalue weighted by molar-refractivity contribution is 5.87. The van der Waals surface area contributed by atoms with Crippen LogP contribution >= 0.6 is 0 Å². The average molecular weight is 280 g/mol. The van der Waals surface area contributed by atoms with Crippen molar-refractivity contribution in [1.29, 1.82) is 0 Å². The Morgan fingerprint density at radius 2 is 2.10 bits per heavy atom. The first-order valence-corrected chi connectivity index (χ1v) is 6.91. The second kappa shape index (κ2) is 7.87. The van der Waals surface area contributed by atoms with Gasteiger partial charge in [-0.2, -0.15) is 0 Å². The van der Waals surface area contributed by atoms with Gasteiger partial charge in [-0.15, -0.1) is 0 Å². The third kappa shape index (κ3) is 4.83. The van der Waals surface area contributed by atoms with Gasteiger partial charge in [0.25, 0.3) is 0 Å². The predicted molar refractivity (Wildman–Crippen MR) is 73.3 cm³/mol. The van der Waals surface area contributed by atoms with E-state index in [1.54, 1.807) is 12.1 Å². The molecule has 2 rings (SSSR count). The Morgan fingerprint density at radius 3 is 2.75 bits per heavy atom. The monoisotopic (exact) mass is 280 g/mol. The summed E-state index contributed by atoms with van der Waals surface area (Å²) in [6, 6.07) is 6.39. The maximum absolute atomic E-state index is 10.7. The van der Waals surface area contributed by atoms with Crippen LogP contribution in [0.5, 0.6) is 5.75 Å². The summed E-state index contributed by atoms with van der Waals surface area (Å²) in [7, 11) is 0. The Labute approximate surface area is 118 Å². The van der Waals surface area contributed by atoms with Crippen molar-refractivity contribution in [3.63, 3.8) is 0 Å². The molecular weight excluding hydrogens is 260 g/mol. The van der Waals surface area contributed by atoms with E-state index < -0.39 is 5.97 Å². The minimum absolute atomic E-state index is 0.261. The standard InChI is InChI=1S/C15H20O5/c16-15(17)12-4-6-13(7-5-12)19-10-2-8-18-11-14-3-1-9-20-14/h4-7,14H,1-3,8-11H2,(H,16,17). The first-order chi connectivity index (χ1) is 9.75. The second-order valence-corrected chi connectivity index (χ2v) is 4.74. The highest BCUT2D eigenvalue weighted by Crippen LogP contribution is 2.13. The minimum Gasteiger partial charge on any atom is -0.494 e. The summed E-state index contributed by atoms with van der Waals surface area (Å²) in [5, 5.41) is 8.77. The Morgan fingerprint density at radius 1 is 1.30 bits per heavy atom. The number of carbonyl (C=O) groups is 1. The summed E-state index contributed by atoms with van der Waals surface area (Å²) in [5.74, 6) is -0.256. The molecule has 20 heavy (non-hydrogen) atoms. The first kappa shape index (κ1) is 14.8. The number of ether oxygens (including phenoxy) is 3. The van der Waals surface area contributed by atoms with Gasteiger partial charge in [-0.3, -0.25) is 0 Å². The van der Waals surface area contributed by atoms with Gasteiger partial charge in [-0.1, -0.05) is 0 Å². The molecule has 0 amide bonds. The molecule has 1 aliphatic heterocycles. The maximum Gasteiger partial charge on any atom is 0.335 e. The van der Waals surface area contributed by atoms with E-state index in [0.717, 1.165) is 25.9 Å². The summed E-state index contributed by atoms with van der Waals surface area (Å²) in [6.07, 6.45) is 3.28. The van der Waals surface area contributed by atoms with Crippen LogP contribution in [-0.2, 0) is 9.47 Å². The summed E-state index contributed by atoms with van der Waals surface area (Å²) in [5.41, 5.74) is 0.261. The van der Waals surface area contributed by atoms with Gasteiger partial charge >= 0.3 is 5.97 Å². The smallest absolute Gasteiger partial charge is 0.335 e. The summed E-state index contributed by atoms with van der Waals surface area (Å²) in [4.78, 5) is 10.7. The zero-order valence-electron chi connectivity index (χ0n) is 11.4. The molecule has 0 bridgehead atoms. The zero-order valence-corrected chi connectivity index (χ0v) is 11.4. The lowest BCUT2D eigenvalue weighted by Gasteiger charge is -2.10. The normalized spacial score (nSPS) is 18.1. The van der Waals surface area contributed by atoms with E-state index in [4.69, 9.17) is 19.3 Å². The SMILES string of the molecule is O=C(O)c1ccc(OCCCOCC2CCCO2)cc1. The molecule has 5 nitrogen and oxygen atoms in total. The molecule has 1 aromatic rings. The molecule has 110 valence electrons. The Balaban J connectivity index is 1.55. The lowest BCUT2D eigenvalue weighted by atomic mass is 10.2. The van der Waals surface area contributed by atoms with Crippen molar-refractivity contribution >= 4 is 5.97 Å². The molecule has 0 saturated carbocycles. The fourth-order valence-corrected chi connectivity index (χ4v) is 2.04. The Kier molecular flexibility index (Phi) is 5.83. The van der Waals surface area contributed by atoms with E-state index in [-0.39, 0.29) is 11.7 Å². The molecule has 5 heteroatoms. The third-order valence-electron chi connectivity index (χ3n) is 3.13. The van der Waals surface area contributed by atoms with Crippen LogP contribution in [0.25, 0.3) is 0 Å². The number of hydrogen-bond donors (Lipinski definition) is 1. The Bertz CT molecular complexity index is 409. The molecule has 1 aromatic carbocycles. The molecule has 0 spiro atoms. The van der Waals surface area contributed by atoms with E-state index in [2.05, 4.69) is 0 Å². The van der Waals surface area contributed by atoms with Crippen molar-refractivity contribution in [2.75, 3.05) is 26.4 Å². The molecule has 1 unspecified atom stereocenters. The van der Waals surface area contributed by atoms with Gasteiger partial charge < -0.3 is 19.3 Å². The molecular formula is C15H20O5. The topological polar surface area (TPSA) is 65.0 Å². The van der Waals surface area contributed by atoms with Crippen LogP contribution in [0, 0.1) is 0 Å². The molecule has 1 atom stereocenters. The highest BCUT2D eigenvalue weighted by Gasteiger charge is 2.14. The fourth-order valence-electron chi connectivity index (χ4n) is 2.04. The third-order valence-corrected chi connectivity index (χ3v) is 3.13. The van der Waals surface area contributed by atoms with Crippen LogP contribution in [0.4, 0.5) is 0 Å². The lowest BCUT2D eigenvalue weighted by molar-refractivity contribution is 0.0141. The molecule has 1 saturated heterocycles. The largest absolute Gasteiger partial charge is 0.494 e. The van der Waals surface area contributed by atoms with Crippen molar-refractivity contribution < 1.29 is 24.1 Å². The van der Waals surface area contributed by atoms with Gasteiger partial charge in [0.1, 0.15) is 5.75 Å². The molecule has 1 aliphatic rings. The van der Waals surface area contributed by atoms with Gasteiger partial charge in [0.15, 0.2) is 0 Å². The van der Waals surface area contributed by atoms with E-state index >= 15 is 0 Å². The number of benzene rings is 1. The van der Waals surface area contributed by atoms with Crippen LogP contribution in [0.15, 0.2) is 24.3 Å². The quantitative estimate of drug-likeness (QED) is 0.740. The first-order valence-electron chi connectivity index (χ1n) is 6.91. The molecule has 1 heterocycles. The summed E-state index contributed by atoms with van der Waals surface area (Å²) < 4.78 is 16.5. The highest BCUT2D eigenvalue weighted by atomic mass is 16.5. The zero-order chi connectivity index (χ0) is 14.2. The van der Waals surface area contributed by atoms with Gasteiger partial charge in [0, 0.05) is 19.6 Å². The fraction of sp³-hybridized carbons (Fsp3) is 0.533. The minimum atomic E-state index is -0.931. The predicted octanol–water partition coefficient (Wildman–Crippen LogP) is 2.35. The molecule has 0 aromatic heterocycles. The number of rotatable bonds is 8. The number of hydrogen-bond acceptors (Lipinski definition) is 4. The van der Waals surface area contributed by atoms with E-state index in [9.17, 15) is 4.79 Å². The van der Waals surface area contributed by atoms with Gasteiger partial charge in [0.05, 0.1) is 24.9 Å².